The monoisotopic (exact) mass is 436 g/mol. The van der Waals surface area contributed by atoms with Crippen LogP contribution in [0.5, 0.6) is 0 Å². The fraction of sp³-hybridized carbons (Fsp3) is 0.269. The van der Waals surface area contributed by atoms with Crippen molar-refractivity contribution in [3.63, 3.8) is 0 Å². The van der Waals surface area contributed by atoms with Crippen molar-refractivity contribution in [2.24, 2.45) is 5.92 Å². The Balaban J connectivity index is 1.38. The van der Waals surface area contributed by atoms with E-state index >= 15 is 0 Å². The van der Waals surface area contributed by atoms with Gasteiger partial charge in [-0.05, 0) is 49.2 Å². The molecule has 0 aliphatic carbocycles. The number of halogens is 2. The van der Waals surface area contributed by atoms with E-state index in [9.17, 15) is 9.18 Å². The van der Waals surface area contributed by atoms with E-state index < -0.39 is 0 Å². The van der Waals surface area contributed by atoms with Crippen LogP contribution < -0.4 is 5.32 Å². The molecular weight excluding hydrogens is 411 g/mol. The van der Waals surface area contributed by atoms with Gasteiger partial charge in [0, 0.05) is 23.0 Å². The van der Waals surface area contributed by atoms with Gasteiger partial charge in [0.05, 0.1) is 6.04 Å². The smallest absolute Gasteiger partial charge is 0.223 e. The third-order valence-corrected chi connectivity index (χ3v) is 6.15. The van der Waals surface area contributed by atoms with E-state index in [1.807, 2.05) is 60.7 Å². The molecule has 0 radical (unpaired) electrons. The highest BCUT2D eigenvalue weighted by Crippen LogP contribution is 2.25. The largest absolute Gasteiger partial charge is 0.345 e. The van der Waals surface area contributed by atoms with E-state index in [0.29, 0.717) is 17.1 Å². The van der Waals surface area contributed by atoms with Crippen LogP contribution in [0.3, 0.4) is 0 Å². The van der Waals surface area contributed by atoms with Gasteiger partial charge in [-0.25, -0.2) is 4.39 Å². The summed E-state index contributed by atoms with van der Waals surface area (Å²) in [6.45, 7) is 2.07. The Morgan fingerprint density at radius 2 is 1.55 bits per heavy atom. The first-order valence-electron chi connectivity index (χ1n) is 10.7. The maximum atomic E-state index is 14.1. The number of amides is 1. The predicted molar refractivity (Wildman–Crippen MR) is 122 cm³/mol. The molecule has 0 spiro atoms. The van der Waals surface area contributed by atoms with Gasteiger partial charge in [0.2, 0.25) is 5.91 Å². The van der Waals surface area contributed by atoms with Crippen molar-refractivity contribution >= 4 is 17.5 Å². The van der Waals surface area contributed by atoms with Crippen LogP contribution in [0, 0.1) is 11.7 Å². The molecular formula is C26H26ClFN2O. The van der Waals surface area contributed by atoms with Crippen molar-refractivity contribution in [3.8, 4) is 0 Å². The van der Waals surface area contributed by atoms with Gasteiger partial charge in [-0.15, -0.1) is 0 Å². The molecule has 31 heavy (non-hydrogen) atoms. The summed E-state index contributed by atoms with van der Waals surface area (Å²) in [7, 11) is 0. The zero-order valence-corrected chi connectivity index (χ0v) is 18.1. The normalized spacial score (nSPS) is 15.2. The Morgan fingerprint density at radius 1 is 0.968 bits per heavy atom. The Morgan fingerprint density at radius 3 is 2.10 bits per heavy atom. The highest BCUT2D eigenvalue weighted by Gasteiger charge is 2.27. The van der Waals surface area contributed by atoms with E-state index in [1.54, 1.807) is 12.1 Å². The zero-order chi connectivity index (χ0) is 21.6. The Kier molecular flexibility index (Phi) is 7.00. The second-order valence-electron chi connectivity index (χ2n) is 8.05. The van der Waals surface area contributed by atoms with E-state index in [4.69, 9.17) is 11.6 Å². The summed E-state index contributed by atoms with van der Waals surface area (Å²) in [6, 6.07) is 24.7. The molecule has 3 aromatic rings. The highest BCUT2D eigenvalue weighted by atomic mass is 35.5. The maximum Gasteiger partial charge on any atom is 0.223 e. The number of benzene rings is 3. The van der Waals surface area contributed by atoms with Crippen LogP contribution in [-0.4, -0.2) is 23.9 Å². The minimum absolute atomic E-state index is 0.0405. The Bertz CT molecular complexity index is 965. The van der Waals surface area contributed by atoms with E-state index in [1.165, 1.54) is 6.07 Å². The van der Waals surface area contributed by atoms with Crippen LogP contribution >= 0.6 is 11.6 Å². The molecule has 0 saturated carbocycles. The summed E-state index contributed by atoms with van der Waals surface area (Å²) >= 11 is 5.85. The number of carbonyl (C=O) groups is 1. The van der Waals surface area contributed by atoms with Crippen LogP contribution in [0.1, 0.15) is 35.6 Å². The van der Waals surface area contributed by atoms with Gasteiger partial charge in [-0.2, -0.15) is 0 Å². The average Bonchev–Trinajstić information content (AvgIpc) is 2.81. The lowest BCUT2D eigenvalue weighted by molar-refractivity contribution is -0.127. The summed E-state index contributed by atoms with van der Waals surface area (Å²) in [5, 5.41) is 3.67. The summed E-state index contributed by atoms with van der Waals surface area (Å²) in [5.41, 5.74) is 2.77. The third-order valence-electron chi connectivity index (χ3n) is 5.92. The minimum atomic E-state index is -0.277. The summed E-state index contributed by atoms with van der Waals surface area (Å²) in [4.78, 5) is 15.3. The molecule has 1 N–H and O–H groups in total. The van der Waals surface area contributed by atoms with Gasteiger partial charge in [-0.1, -0.05) is 78.3 Å². The number of nitrogens with zero attached hydrogens (tertiary/aromatic N) is 1. The lowest BCUT2D eigenvalue weighted by Gasteiger charge is -2.32. The van der Waals surface area contributed by atoms with Gasteiger partial charge >= 0.3 is 0 Å². The van der Waals surface area contributed by atoms with E-state index in [0.717, 1.165) is 37.1 Å². The number of hydrogen-bond acceptors (Lipinski definition) is 2. The highest BCUT2D eigenvalue weighted by molar-refractivity contribution is 6.30. The molecule has 1 amide bonds. The molecule has 4 rings (SSSR count). The molecule has 5 heteroatoms. The fourth-order valence-corrected chi connectivity index (χ4v) is 4.31. The van der Waals surface area contributed by atoms with Gasteiger partial charge in [0.25, 0.3) is 0 Å². The summed E-state index contributed by atoms with van der Waals surface area (Å²) in [5.74, 6) is -0.239. The topological polar surface area (TPSA) is 32.3 Å². The molecule has 3 aromatic carbocycles. The quantitative estimate of drug-likeness (QED) is 0.545. The predicted octanol–water partition coefficient (Wildman–Crippen LogP) is 5.60. The first kappa shape index (κ1) is 21.5. The molecule has 0 unspecified atom stereocenters. The number of nitrogens with one attached hydrogen (secondary N) is 1. The van der Waals surface area contributed by atoms with Crippen LogP contribution in [0.25, 0.3) is 0 Å². The molecule has 0 aromatic heterocycles. The number of carbonyl (C=O) groups excluding carboxylic acids is 1. The lowest BCUT2D eigenvalue weighted by Crippen LogP contribution is -2.41. The molecule has 1 fully saturated rings. The van der Waals surface area contributed by atoms with Crippen molar-refractivity contribution in [3.05, 3.63) is 106 Å². The van der Waals surface area contributed by atoms with Crippen molar-refractivity contribution < 1.29 is 9.18 Å². The number of likely N-dealkylation sites (tertiary alicyclic amines) is 1. The zero-order valence-electron chi connectivity index (χ0n) is 17.3. The Labute approximate surface area is 187 Å². The van der Waals surface area contributed by atoms with Gasteiger partial charge in [-0.3, -0.25) is 9.69 Å². The van der Waals surface area contributed by atoms with E-state index in [-0.39, 0.29) is 23.7 Å². The SMILES string of the molecule is O=C(NC(c1ccccc1)c1ccccc1)C1CCN(Cc2ccc(Cl)cc2F)CC1. The maximum absolute atomic E-state index is 14.1. The first-order chi connectivity index (χ1) is 15.1. The molecule has 1 aliphatic rings. The molecule has 1 heterocycles. The first-order valence-corrected chi connectivity index (χ1v) is 11.0. The molecule has 160 valence electrons. The summed E-state index contributed by atoms with van der Waals surface area (Å²) < 4.78 is 14.1. The molecule has 1 saturated heterocycles. The van der Waals surface area contributed by atoms with Crippen LogP contribution in [-0.2, 0) is 11.3 Å². The van der Waals surface area contributed by atoms with Crippen molar-refractivity contribution in [1.82, 2.24) is 10.2 Å². The minimum Gasteiger partial charge on any atom is -0.345 e. The van der Waals surface area contributed by atoms with Crippen LogP contribution in [0.2, 0.25) is 5.02 Å². The van der Waals surface area contributed by atoms with Crippen molar-refractivity contribution in [1.29, 1.82) is 0 Å². The molecule has 0 atom stereocenters. The Hall–Kier alpha value is -2.69. The standard InChI is InChI=1S/C26H26ClFN2O/c27-23-12-11-22(24(28)17-23)18-30-15-13-21(14-16-30)26(31)29-25(19-7-3-1-4-8-19)20-9-5-2-6-10-20/h1-12,17,21,25H,13-16,18H2,(H,29,31). The average molecular weight is 437 g/mol. The summed E-state index contributed by atoms with van der Waals surface area (Å²) in [6.07, 6.45) is 1.52. The second-order valence-corrected chi connectivity index (χ2v) is 8.49. The van der Waals surface area contributed by atoms with Gasteiger partial charge in [0.1, 0.15) is 5.82 Å². The third kappa shape index (κ3) is 5.52. The van der Waals surface area contributed by atoms with Crippen molar-refractivity contribution in [2.75, 3.05) is 13.1 Å². The number of rotatable bonds is 6. The second kappa shape index (κ2) is 10.1. The molecule has 0 bridgehead atoms. The number of hydrogen-bond donors (Lipinski definition) is 1. The van der Waals surface area contributed by atoms with Crippen LogP contribution in [0.15, 0.2) is 78.9 Å². The van der Waals surface area contributed by atoms with Gasteiger partial charge < -0.3 is 5.32 Å². The lowest BCUT2D eigenvalue weighted by atomic mass is 9.93. The molecule has 3 nitrogen and oxygen atoms in total. The number of piperidine rings is 1. The van der Waals surface area contributed by atoms with Gasteiger partial charge in [0.15, 0.2) is 0 Å². The fourth-order valence-electron chi connectivity index (χ4n) is 4.15. The van der Waals surface area contributed by atoms with Crippen molar-refractivity contribution in [2.45, 2.75) is 25.4 Å². The van der Waals surface area contributed by atoms with Crippen LogP contribution in [0.4, 0.5) is 4.39 Å². The van der Waals surface area contributed by atoms with E-state index in [2.05, 4.69) is 10.2 Å². The molecule has 1 aliphatic heterocycles.